The predicted octanol–water partition coefficient (Wildman–Crippen LogP) is 14.1. The van der Waals surface area contributed by atoms with Crippen LogP contribution in [-0.4, -0.2) is 9.97 Å². The molecule has 3 heteroatoms. The zero-order valence-electron chi connectivity index (χ0n) is 31.3. The average molecular weight is 723 g/mol. The van der Waals surface area contributed by atoms with Crippen molar-refractivity contribution in [1.82, 2.24) is 9.97 Å². The van der Waals surface area contributed by atoms with Crippen LogP contribution >= 0.6 is 11.3 Å². The maximum Gasteiger partial charge on any atom is 0.161 e. The Kier molecular flexibility index (Phi) is 6.85. The molecule has 2 aliphatic rings. The van der Waals surface area contributed by atoms with Gasteiger partial charge in [0.2, 0.25) is 0 Å². The van der Waals surface area contributed by atoms with E-state index < -0.39 is 0 Å². The summed E-state index contributed by atoms with van der Waals surface area (Å²) in [6.07, 6.45) is 0. The van der Waals surface area contributed by atoms with Gasteiger partial charge in [0.15, 0.2) is 5.82 Å². The van der Waals surface area contributed by atoms with Crippen LogP contribution in [0, 0.1) is 0 Å². The molecular weight excluding hydrogens is 685 g/mol. The molecule has 0 bridgehead atoms. The molecule has 0 fully saturated rings. The lowest BCUT2D eigenvalue weighted by atomic mass is 9.79. The summed E-state index contributed by atoms with van der Waals surface area (Å²) in [5.41, 5.74) is 19.0. The first kappa shape index (κ1) is 32.3. The molecule has 0 unspecified atom stereocenters. The van der Waals surface area contributed by atoms with Gasteiger partial charge in [-0.05, 0) is 85.0 Å². The van der Waals surface area contributed by atoms with Crippen LogP contribution in [0.1, 0.15) is 49.9 Å². The molecule has 2 aromatic heterocycles. The molecule has 11 rings (SSSR count). The fourth-order valence-corrected chi connectivity index (χ4v) is 10.5. The molecule has 0 N–H and O–H groups in total. The van der Waals surface area contributed by atoms with E-state index in [4.69, 9.17) is 9.97 Å². The molecule has 0 radical (unpaired) electrons. The van der Waals surface area contributed by atoms with E-state index in [0.29, 0.717) is 0 Å². The normalized spacial score (nSPS) is 14.5. The number of aromatic nitrogens is 2. The van der Waals surface area contributed by atoms with Crippen molar-refractivity contribution >= 4 is 31.6 Å². The monoisotopic (exact) mass is 722 g/mol. The van der Waals surface area contributed by atoms with E-state index in [0.717, 1.165) is 32.9 Å². The number of nitrogens with zero attached hydrogens (tertiary/aromatic N) is 2. The van der Waals surface area contributed by atoms with Crippen molar-refractivity contribution in [2.24, 2.45) is 0 Å². The van der Waals surface area contributed by atoms with E-state index in [9.17, 15) is 0 Å². The Morgan fingerprint density at radius 2 is 1.00 bits per heavy atom. The van der Waals surface area contributed by atoms with Gasteiger partial charge in [-0.1, -0.05) is 167 Å². The van der Waals surface area contributed by atoms with Crippen molar-refractivity contribution in [2.45, 2.75) is 38.5 Å². The largest absolute Gasteiger partial charge is 0.227 e. The van der Waals surface area contributed by atoms with Crippen LogP contribution in [0.5, 0.6) is 0 Å². The number of fused-ring (bicyclic) bond motifs is 9. The summed E-state index contributed by atoms with van der Waals surface area (Å²) in [4.78, 5) is 11.3. The standard InChI is InChI=1S/C52H38N2S/c1-51(2)41-18-10-8-15-37(41)39-29-44-40(30-43(39)51)46-36(17-12-19-42(46)52(44,3)4)33-25-21-31(22-26-33)32-23-27-35(28-24-32)49-53-48(34-13-6-5-7-14-34)47-38-16-9-11-20-45(38)55-50(47)54-49/h5-30H,1-4H3. The van der Waals surface area contributed by atoms with Gasteiger partial charge in [0.25, 0.3) is 0 Å². The summed E-state index contributed by atoms with van der Waals surface area (Å²) in [6.45, 7) is 9.53. The lowest BCUT2D eigenvalue weighted by Crippen LogP contribution is -2.16. The first-order chi connectivity index (χ1) is 26.8. The zero-order valence-corrected chi connectivity index (χ0v) is 32.1. The van der Waals surface area contributed by atoms with E-state index in [-0.39, 0.29) is 10.8 Å². The molecular formula is C52H38N2S. The van der Waals surface area contributed by atoms with Crippen molar-refractivity contribution in [3.05, 3.63) is 180 Å². The smallest absolute Gasteiger partial charge is 0.161 e. The van der Waals surface area contributed by atoms with Crippen LogP contribution in [0.25, 0.3) is 87.5 Å². The molecule has 0 saturated carbocycles. The third kappa shape index (κ3) is 4.73. The van der Waals surface area contributed by atoms with Crippen LogP contribution in [0.3, 0.4) is 0 Å². The van der Waals surface area contributed by atoms with Gasteiger partial charge >= 0.3 is 0 Å². The van der Waals surface area contributed by atoms with Crippen LogP contribution in [0.2, 0.25) is 0 Å². The highest BCUT2D eigenvalue weighted by molar-refractivity contribution is 7.25. The van der Waals surface area contributed by atoms with Gasteiger partial charge in [0.05, 0.1) is 5.69 Å². The number of hydrogen-bond donors (Lipinski definition) is 0. The summed E-state index contributed by atoms with van der Waals surface area (Å²) in [5, 5.41) is 2.33. The molecule has 2 aliphatic carbocycles. The van der Waals surface area contributed by atoms with Gasteiger partial charge in [0, 0.05) is 37.4 Å². The molecule has 7 aromatic carbocycles. The molecule has 0 amide bonds. The Labute approximate surface area is 325 Å². The first-order valence-corrected chi connectivity index (χ1v) is 20.0. The lowest BCUT2D eigenvalue weighted by molar-refractivity contribution is 0.652. The molecule has 0 aliphatic heterocycles. The third-order valence-electron chi connectivity index (χ3n) is 12.4. The Morgan fingerprint density at radius 1 is 0.418 bits per heavy atom. The van der Waals surface area contributed by atoms with Crippen molar-refractivity contribution in [1.29, 1.82) is 0 Å². The molecule has 0 saturated heterocycles. The van der Waals surface area contributed by atoms with E-state index in [2.05, 4.69) is 185 Å². The zero-order chi connectivity index (χ0) is 37.1. The van der Waals surface area contributed by atoms with Gasteiger partial charge in [-0.2, -0.15) is 0 Å². The highest BCUT2D eigenvalue weighted by Crippen LogP contribution is 2.57. The van der Waals surface area contributed by atoms with Gasteiger partial charge in [-0.25, -0.2) is 9.97 Å². The van der Waals surface area contributed by atoms with E-state index in [1.165, 1.54) is 76.8 Å². The number of rotatable bonds is 4. The molecule has 0 atom stereocenters. The number of thiophene rings is 1. The molecule has 262 valence electrons. The second kappa shape index (κ2) is 11.7. The van der Waals surface area contributed by atoms with Gasteiger partial charge in [-0.15, -0.1) is 11.3 Å². The topological polar surface area (TPSA) is 25.8 Å². The van der Waals surface area contributed by atoms with Crippen LogP contribution < -0.4 is 0 Å². The second-order valence-corrected chi connectivity index (χ2v) is 17.2. The van der Waals surface area contributed by atoms with E-state index >= 15 is 0 Å². The van der Waals surface area contributed by atoms with Crippen molar-refractivity contribution in [3.63, 3.8) is 0 Å². The van der Waals surface area contributed by atoms with E-state index in [1.807, 2.05) is 0 Å². The van der Waals surface area contributed by atoms with Crippen LogP contribution in [0.4, 0.5) is 0 Å². The Balaban J connectivity index is 0.951. The van der Waals surface area contributed by atoms with Crippen molar-refractivity contribution in [3.8, 4) is 67.2 Å². The predicted molar refractivity (Wildman–Crippen MR) is 232 cm³/mol. The van der Waals surface area contributed by atoms with Gasteiger partial charge in [0.1, 0.15) is 4.83 Å². The number of benzene rings is 7. The Hall–Kier alpha value is -6.16. The van der Waals surface area contributed by atoms with Crippen molar-refractivity contribution < 1.29 is 0 Å². The highest BCUT2D eigenvalue weighted by atomic mass is 32.1. The highest BCUT2D eigenvalue weighted by Gasteiger charge is 2.42. The minimum atomic E-state index is -0.0911. The number of hydrogen-bond acceptors (Lipinski definition) is 3. The van der Waals surface area contributed by atoms with Crippen LogP contribution in [-0.2, 0) is 10.8 Å². The molecule has 0 spiro atoms. The summed E-state index contributed by atoms with van der Waals surface area (Å²) >= 11 is 1.73. The van der Waals surface area contributed by atoms with Gasteiger partial charge in [-0.3, -0.25) is 0 Å². The molecule has 55 heavy (non-hydrogen) atoms. The fraction of sp³-hybridized carbons (Fsp3) is 0.115. The maximum atomic E-state index is 5.20. The molecule has 2 heterocycles. The minimum Gasteiger partial charge on any atom is -0.227 e. The minimum absolute atomic E-state index is 0.0400. The SMILES string of the molecule is CC1(C)c2ccccc2-c2cc3c(cc21)-c1c(-c2ccc(-c4ccc(-c5nc(-c6ccccc6)c6c(n5)sc5ccccc56)cc4)cc2)cccc1C3(C)C. The molecule has 2 nitrogen and oxygen atoms in total. The maximum absolute atomic E-state index is 5.20. The Morgan fingerprint density at radius 3 is 1.78 bits per heavy atom. The van der Waals surface area contributed by atoms with E-state index in [1.54, 1.807) is 11.3 Å². The summed E-state index contributed by atoms with van der Waals surface area (Å²) in [7, 11) is 0. The van der Waals surface area contributed by atoms with Gasteiger partial charge < -0.3 is 0 Å². The fourth-order valence-electron chi connectivity index (χ4n) is 9.43. The first-order valence-electron chi connectivity index (χ1n) is 19.2. The summed E-state index contributed by atoms with van der Waals surface area (Å²) in [6, 6.07) is 57.7. The second-order valence-electron chi connectivity index (χ2n) is 16.2. The third-order valence-corrected chi connectivity index (χ3v) is 13.4. The summed E-state index contributed by atoms with van der Waals surface area (Å²) < 4.78 is 1.23. The van der Waals surface area contributed by atoms with Crippen LogP contribution in [0.15, 0.2) is 158 Å². The van der Waals surface area contributed by atoms with Crippen molar-refractivity contribution in [2.75, 3.05) is 0 Å². The Bertz CT molecular complexity index is 3000. The average Bonchev–Trinajstić information content (AvgIpc) is 3.80. The molecule has 9 aromatic rings. The lowest BCUT2D eigenvalue weighted by Gasteiger charge is -2.24. The quantitative estimate of drug-likeness (QED) is 0.181. The summed E-state index contributed by atoms with van der Waals surface area (Å²) in [5.74, 6) is 0.749.